The molecule has 0 aliphatic carbocycles. The first-order valence-electron chi connectivity index (χ1n) is 6.62. The summed E-state index contributed by atoms with van der Waals surface area (Å²) in [6.07, 6.45) is 2.40. The number of carboxylic acid groups (broad SMARTS) is 1. The van der Waals surface area contributed by atoms with Crippen LogP contribution in [0, 0.1) is 0 Å². The van der Waals surface area contributed by atoms with Gasteiger partial charge < -0.3 is 15.2 Å². The first-order chi connectivity index (χ1) is 10.0. The van der Waals surface area contributed by atoms with Crippen LogP contribution in [0.1, 0.15) is 19.8 Å². The van der Waals surface area contributed by atoms with E-state index >= 15 is 0 Å². The fourth-order valence-corrected chi connectivity index (χ4v) is 2.52. The summed E-state index contributed by atoms with van der Waals surface area (Å²) in [5.41, 5.74) is 1.66. The molecule has 5 nitrogen and oxygen atoms in total. The smallest absolute Gasteiger partial charge is 0.303 e. The number of nitrogens with one attached hydrogen (secondary N) is 1. The van der Waals surface area contributed by atoms with E-state index < -0.39 is 5.97 Å². The van der Waals surface area contributed by atoms with Gasteiger partial charge in [0.25, 0.3) is 0 Å². The minimum Gasteiger partial charge on any atom is -0.497 e. The highest BCUT2D eigenvalue weighted by Crippen LogP contribution is 2.32. The second-order valence-electron chi connectivity index (χ2n) is 4.84. The highest BCUT2D eigenvalue weighted by molar-refractivity contribution is 9.10. The van der Waals surface area contributed by atoms with Crippen molar-refractivity contribution in [3.8, 4) is 5.75 Å². The Labute approximate surface area is 131 Å². The number of halogens is 1. The van der Waals surface area contributed by atoms with Crippen molar-refractivity contribution in [2.24, 2.45) is 0 Å². The first-order valence-corrected chi connectivity index (χ1v) is 7.41. The molecule has 1 atom stereocenters. The average Bonchev–Trinajstić information content (AvgIpc) is 2.46. The topological polar surface area (TPSA) is 71.5 Å². The molecule has 112 valence electrons. The van der Waals surface area contributed by atoms with Crippen LogP contribution in [0.3, 0.4) is 0 Å². The van der Waals surface area contributed by atoms with Gasteiger partial charge in [0.2, 0.25) is 0 Å². The number of rotatable bonds is 6. The van der Waals surface area contributed by atoms with Crippen molar-refractivity contribution < 1.29 is 14.6 Å². The van der Waals surface area contributed by atoms with Crippen molar-refractivity contribution in [1.29, 1.82) is 0 Å². The Kier molecular flexibility index (Phi) is 5.01. The SMILES string of the molecule is COc1cc(NC(C)CCC(=O)O)c2nccc(Br)c2c1. The highest BCUT2D eigenvalue weighted by Gasteiger charge is 2.11. The molecule has 0 aliphatic rings. The number of hydrogen-bond acceptors (Lipinski definition) is 4. The maximum atomic E-state index is 10.6. The first kappa shape index (κ1) is 15.6. The van der Waals surface area contributed by atoms with Crippen molar-refractivity contribution >= 4 is 38.5 Å². The quantitative estimate of drug-likeness (QED) is 0.829. The molecule has 0 radical (unpaired) electrons. The highest BCUT2D eigenvalue weighted by atomic mass is 79.9. The number of hydrogen-bond donors (Lipinski definition) is 2. The molecule has 2 aromatic rings. The summed E-state index contributed by atoms with van der Waals surface area (Å²) in [7, 11) is 1.61. The monoisotopic (exact) mass is 352 g/mol. The molecule has 0 spiro atoms. The molecular weight excluding hydrogens is 336 g/mol. The van der Waals surface area contributed by atoms with Gasteiger partial charge in [0.1, 0.15) is 5.75 Å². The normalized spacial score (nSPS) is 12.1. The Morgan fingerprint density at radius 1 is 1.52 bits per heavy atom. The molecule has 0 fully saturated rings. The zero-order chi connectivity index (χ0) is 15.4. The van der Waals surface area contributed by atoms with E-state index in [4.69, 9.17) is 9.84 Å². The summed E-state index contributed by atoms with van der Waals surface area (Å²) in [4.78, 5) is 15.0. The largest absolute Gasteiger partial charge is 0.497 e. The lowest BCUT2D eigenvalue weighted by atomic mass is 10.1. The van der Waals surface area contributed by atoms with E-state index in [1.165, 1.54) is 0 Å². The van der Waals surface area contributed by atoms with Gasteiger partial charge in [-0.25, -0.2) is 0 Å². The Morgan fingerprint density at radius 3 is 2.95 bits per heavy atom. The minimum absolute atomic E-state index is 0.0252. The number of benzene rings is 1. The van der Waals surface area contributed by atoms with Gasteiger partial charge in [0.15, 0.2) is 0 Å². The number of ether oxygens (including phenoxy) is 1. The van der Waals surface area contributed by atoms with E-state index in [2.05, 4.69) is 26.2 Å². The van der Waals surface area contributed by atoms with Gasteiger partial charge in [-0.1, -0.05) is 15.9 Å². The molecular formula is C15H17BrN2O3. The van der Waals surface area contributed by atoms with Crippen LogP contribution in [-0.4, -0.2) is 29.2 Å². The van der Waals surface area contributed by atoms with Gasteiger partial charge in [-0.15, -0.1) is 0 Å². The number of aromatic nitrogens is 1. The molecule has 0 bridgehead atoms. The van der Waals surface area contributed by atoms with Crippen LogP contribution in [0.15, 0.2) is 28.9 Å². The fraction of sp³-hybridized carbons (Fsp3) is 0.333. The second-order valence-corrected chi connectivity index (χ2v) is 5.70. The minimum atomic E-state index is -0.792. The third kappa shape index (κ3) is 3.85. The van der Waals surface area contributed by atoms with Crippen LogP contribution in [0.4, 0.5) is 5.69 Å². The molecule has 1 aromatic carbocycles. The Hall–Kier alpha value is -1.82. The van der Waals surface area contributed by atoms with Crippen molar-refractivity contribution in [2.75, 3.05) is 12.4 Å². The predicted molar refractivity (Wildman–Crippen MR) is 85.9 cm³/mol. The number of carbonyl (C=O) groups is 1. The van der Waals surface area contributed by atoms with Crippen LogP contribution in [0.25, 0.3) is 10.9 Å². The number of nitrogens with zero attached hydrogens (tertiary/aromatic N) is 1. The molecule has 0 saturated heterocycles. The lowest BCUT2D eigenvalue weighted by Gasteiger charge is -2.17. The maximum Gasteiger partial charge on any atom is 0.303 e. The number of aliphatic carboxylic acids is 1. The number of pyridine rings is 1. The molecule has 2 N–H and O–H groups in total. The number of anilines is 1. The van der Waals surface area contributed by atoms with E-state index in [-0.39, 0.29) is 12.5 Å². The van der Waals surface area contributed by atoms with E-state index in [0.717, 1.165) is 26.8 Å². The summed E-state index contributed by atoms with van der Waals surface area (Å²) >= 11 is 3.51. The summed E-state index contributed by atoms with van der Waals surface area (Å²) in [5.74, 6) is -0.0656. The van der Waals surface area contributed by atoms with E-state index in [1.54, 1.807) is 13.3 Å². The molecule has 6 heteroatoms. The second kappa shape index (κ2) is 6.76. The number of carboxylic acids is 1. The van der Waals surface area contributed by atoms with E-state index in [9.17, 15) is 4.79 Å². The molecule has 2 rings (SSSR count). The third-order valence-corrected chi connectivity index (χ3v) is 3.89. The standard InChI is InChI=1S/C15H17BrN2O3/c1-9(3-4-14(19)20)18-13-8-10(21-2)7-11-12(16)5-6-17-15(11)13/h5-9,18H,3-4H2,1-2H3,(H,19,20). The molecule has 1 unspecified atom stereocenters. The van der Waals surface area contributed by atoms with E-state index in [1.807, 2.05) is 25.1 Å². The lowest BCUT2D eigenvalue weighted by molar-refractivity contribution is -0.137. The number of fused-ring (bicyclic) bond motifs is 1. The summed E-state index contributed by atoms with van der Waals surface area (Å²) in [5, 5.41) is 13.0. The van der Waals surface area contributed by atoms with Gasteiger partial charge in [-0.2, -0.15) is 0 Å². The van der Waals surface area contributed by atoms with Gasteiger partial charge in [0.05, 0.1) is 18.3 Å². The molecule has 1 heterocycles. The zero-order valence-corrected chi connectivity index (χ0v) is 13.5. The molecule has 0 amide bonds. The van der Waals surface area contributed by atoms with Gasteiger partial charge >= 0.3 is 5.97 Å². The van der Waals surface area contributed by atoms with Crippen LogP contribution < -0.4 is 10.1 Å². The number of methoxy groups -OCH3 is 1. The molecule has 0 saturated carbocycles. The van der Waals surface area contributed by atoms with Crippen LogP contribution >= 0.6 is 15.9 Å². The van der Waals surface area contributed by atoms with Crippen LogP contribution in [-0.2, 0) is 4.79 Å². The van der Waals surface area contributed by atoms with Crippen molar-refractivity contribution in [1.82, 2.24) is 4.98 Å². The van der Waals surface area contributed by atoms with Crippen LogP contribution in [0.2, 0.25) is 0 Å². The maximum absolute atomic E-state index is 10.6. The van der Waals surface area contributed by atoms with Crippen molar-refractivity contribution in [3.63, 3.8) is 0 Å². The molecule has 0 aliphatic heterocycles. The lowest BCUT2D eigenvalue weighted by Crippen LogP contribution is -2.17. The van der Waals surface area contributed by atoms with Gasteiger partial charge in [0, 0.05) is 34.6 Å². The summed E-state index contributed by atoms with van der Waals surface area (Å²) < 4.78 is 6.25. The van der Waals surface area contributed by atoms with Crippen molar-refractivity contribution in [3.05, 3.63) is 28.9 Å². The zero-order valence-electron chi connectivity index (χ0n) is 11.9. The summed E-state index contributed by atoms with van der Waals surface area (Å²) in [6.45, 7) is 1.95. The Balaban J connectivity index is 2.33. The molecule has 1 aromatic heterocycles. The van der Waals surface area contributed by atoms with Crippen LogP contribution in [0.5, 0.6) is 5.75 Å². The van der Waals surface area contributed by atoms with Gasteiger partial charge in [-0.3, -0.25) is 9.78 Å². The third-order valence-electron chi connectivity index (χ3n) is 3.19. The van der Waals surface area contributed by atoms with E-state index in [0.29, 0.717) is 6.42 Å². The summed E-state index contributed by atoms with van der Waals surface area (Å²) in [6, 6.07) is 5.69. The fourth-order valence-electron chi connectivity index (χ4n) is 2.10. The Morgan fingerprint density at radius 2 is 2.29 bits per heavy atom. The van der Waals surface area contributed by atoms with Crippen molar-refractivity contribution in [2.45, 2.75) is 25.8 Å². The average molecular weight is 353 g/mol. The molecule has 21 heavy (non-hydrogen) atoms. The van der Waals surface area contributed by atoms with Gasteiger partial charge in [-0.05, 0) is 25.5 Å². The Bertz CT molecular complexity index is 661. The predicted octanol–water partition coefficient (Wildman–Crippen LogP) is 3.67.